The Morgan fingerprint density at radius 2 is 1.66 bits per heavy atom. The third kappa shape index (κ3) is 7.95. The number of carbonyl (C=O) groups is 2. The van der Waals surface area contributed by atoms with Gasteiger partial charge in [0.25, 0.3) is 5.91 Å². The summed E-state index contributed by atoms with van der Waals surface area (Å²) >= 11 is 0. The Labute approximate surface area is 206 Å². The summed E-state index contributed by atoms with van der Waals surface area (Å²) in [7, 11) is 0. The van der Waals surface area contributed by atoms with E-state index in [2.05, 4.69) is 5.32 Å². The molecule has 0 aromatic heterocycles. The van der Waals surface area contributed by atoms with Crippen molar-refractivity contribution in [1.82, 2.24) is 10.2 Å². The van der Waals surface area contributed by atoms with Crippen LogP contribution in [0.5, 0.6) is 5.75 Å². The predicted octanol–water partition coefficient (Wildman–Crippen LogP) is 5.07. The Kier molecular flexibility index (Phi) is 9.84. The normalized spacial score (nSPS) is 11.5. The molecule has 0 bridgehead atoms. The lowest BCUT2D eigenvalue weighted by molar-refractivity contribution is -0.142. The van der Waals surface area contributed by atoms with Crippen molar-refractivity contribution in [3.05, 3.63) is 101 Å². The van der Waals surface area contributed by atoms with E-state index in [4.69, 9.17) is 4.74 Å². The number of unbranched alkanes of at least 4 members (excludes halogenated alkanes) is 1. The second-order valence-corrected chi connectivity index (χ2v) is 8.56. The lowest BCUT2D eigenvalue weighted by Gasteiger charge is -2.31. The highest BCUT2D eigenvalue weighted by Gasteiger charge is 2.31. The number of carbonyl (C=O) groups excluding carboxylic acids is 2. The molecule has 0 aliphatic carbocycles. The number of ether oxygens (including phenoxy) is 1. The van der Waals surface area contributed by atoms with Gasteiger partial charge in [-0.3, -0.25) is 9.59 Å². The Morgan fingerprint density at radius 1 is 0.971 bits per heavy atom. The van der Waals surface area contributed by atoms with Gasteiger partial charge < -0.3 is 15.0 Å². The van der Waals surface area contributed by atoms with Crippen LogP contribution >= 0.6 is 0 Å². The van der Waals surface area contributed by atoms with Crippen molar-refractivity contribution in [3.63, 3.8) is 0 Å². The van der Waals surface area contributed by atoms with Crippen LogP contribution in [-0.4, -0.2) is 35.9 Å². The van der Waals surface area contributed by atoms with E-state index >= 15 is 0 Å². The fraction of sp³-hybridized carbons (Fsp3) is 0.310. The lowest BCUT2D eigenvalue weighted by atomic mass is 10.0. The first-order chi connectivity index (χ1) is 17.0. The van der Waals surface area contributed by atoms with Crippen LogP contribution in [0.1, 0.15) is 36.5 Å². The summed E-state index contributed by atoms with van der Waals surface area (Å²) < 4.78 is 20.3. The van der Waals surface area contributed by atoms with Crippen molar-refractivity contribution >= 4 is 11.8 Å². The molecule has 3 aromatic rings. The number of aryl methyl sites for hydroxylation is 1. The van der Waals surface area contributed by atoms with Crippen LogP contribution in [-0.2, 0) is 22.6 Å². The topological polar surface area (TPSA) is 58.6 Å². The fourth-order valence-corrected chi connectivity index (χ4v) is 3.73. The molecule has 2 amide bonds. The second-order valence-electron chi connectivity index (χ2n) is 8.56. The van der Waals surface area contributed by atoms with Crippen molar-refractivity contribution < 1.29 is 18.7 Å². The summed E-state index contributed by atoms with van der Waals surface area (Å²) in [4.78, 5) is 28.2. The fourth-order valence-electron chi connectivity index (χ4n) is 3.73. The minimum absolute atomic E-state index is 0.0402. The van der Waals surface area contributed by atoms with Crippen molar-refractivity contribution in [1.29, 1.82) is 0 Å². The highest BCUT2D eigenvalue weighted by molar-refractivity contribution is 5.88. The molecule has 184 valence electrons. The van der Waals surface area contributed by atoms with E-state index in [0.29, 0.717) is 24.3 Å². The quantitative estimate of drug-likeness (QED) is 0.372. The van der Waals surface area contributed by atoms with Gasteiger partial charge in [0.05, 0.1) is 0 Å². The molecule has 1 N–H and O–H groups in total. The highest BCUT2D eigenvalue weighted by atomic mass is 19.1. The molecule has 0 aliphatic heterocycles. The van der Waals surface area contributed by atoms with E-state index in [-0.39, 0.29) is 25.0 Å². The molecule has 0 spiro atoms. The maximum atomic E-state index is 14.6. The summed E-state index contributed by atoms with van der Waals surface area (Å²) in [5, 5.41) is 2.95. The van der Waals surface area contributed by atoms with E-state index in [1.165, 1.54) is 11.0 Å². The SMILES string of the molecule is CCCCNC(=O)[C@H](Cc1ccccc1)N(Cc1ccccc1F)C(=O)COc1ccc(C)cc1. The van der Waals surface area contributed by atoms with Crippen LogP contribution in [0.2, 0.25) is 0 Å². The van der Waals surface area contributed by atoms with Crippen LogP contribution in [0.25, 0.3) is 0 Å². The summed E-state index contributed by atoms with van der Waals surface area (Å²) in [5.74, 6) is -0.515. The molecule has 0 fully saturated rings. The summed E-state index contributed by atoms with van der Waals surface area (Å²) in [5.41, 5.74) is 2.33. The zero-order valence-electron chi connectivity index (χ0n) is 20.4. The Balaban J connectivity index is 1.88. The van der Waals surface area contributed by atoms with Gasteiger partial charge in [-0.25, -0.2) is 4.39 Å². The van der Waals surface area contributed by atoms with Gasteiger partial charge in [0, 0.05) is 25.1 Å². The summed E-state index contributed by atoms with van der Waals surface area (Å²) in [6.07, 6.45) is 2.08. The van der Waals surface area contributed by atoms with Crippen molar-refractivity contribution in [2.45, 2.75) is 45.7 Å². The summed E-state index contributed by atoms with van der Waals surface area (Å²) in [6, 6.07) is 22.4. The second kappa shape index (κ2) is 13.3. The molecular weight excluding hydrogens is 443 g/mol. The molecule has 6 heteroatoms. The van der Waals surface area contributed by atoms with Gasteiger partial charge in [0.1, 0.15) is 17.6 Å². The van der Waals surface area contributed by atoms with Crippen LogP contribution < -0.4 is 10.1 Å². The first kappa shape index (κ1) is 25.9. The molecule has 5 nitrogen and oxygen atoms in total. The first-order valence-electron chi connectivity index (χ1n) is 12.0. The minimum Gasteiger partial charge on any atom is -0.484 e. The maximum absolute atomic E-state index is 14.6. The zero-order chi connectivity index (χ0) is 25.0. The zero-order valence-corrected chi connectivity index (χ0v) is 20.4. The molecule has 0 radical (unpaired) electrons. The number of nitrogens with one attached hydrogen (secondary N) is 1. The third-order valence-electron chi connectivity index (χ3n) is 5.78. The largest absolute Gasteiger partial charge is 0.484 e. The average molecular weight is 477 g/mol. The molecule has 0 saturated heterocycles. The van der Waals surface area contributed by atoms with Crippen molar-refractivity contribution in [3.8, 4) is 5.75 Å². The Hall–Kier alpha value is -3.67. The van der Waals surface area contributed by atoms with Crippen LogP contribution in [0.15, 0.2) is 78.9 Å². The third-order valence-corrected chi connectivity index (χ3v) is 5.78. The van der Waals surface area contributed by atoms with E-state index in [9.17, 15) is 14.0 Å². The van der Waals surface area contributed by atoms with E-state index < -0.39 is 11.9 Å². The van der Waals surface area contributed by atoms with Crippen LogP contribution in [0.3, 0.4) is 0 Å². The monoisotopic (exact) mass is 476 g/mol. The Bertz CT molecular complexity index is 1090. The molecular formula is C29H33FN2O3. The molecule has 0 heterocycles. The van der Waals surface area contributed by atoms with Crippen molar-refractivity contribution in [2.24, 2.45) is 0 Å². The number of hydrogen-bond donors (Lipinski definition) is 1. The van der Waals surface area contributed by atoms with E-state index in [1.54, 1.807) is 30.3 Å². The number of benzene rings is 3. The number of amides is 2. The molecule has 0 aliphatic rings. The van der Waals surface area contributed by atoms with E-state index in [0.717, 1.165) is 24.0 Å². The standard InChI is InChI=1S/C29H33FN2O3/c1-3-4-18-31-29(34)27(19-23-10-6-5-7-11-23)32(20-24-12-8-9-13-26(24)30)28(33)21-35-25-16-14-22(2)15-17-25/h5-17,27H,3-4,18-21H2,1-2H3,(H,31,34)/t27-/m0/s1. The first-order valence-corrected chi connectivity index (χ1v) is 12.0. The van der Waals surface area contributed by atoms with Gasteiger partial charge in [0.2, 0.25) is 5.91 Å². The predicted molar refractivity (Wildman–Crippen MR) is 135 cm³/mol. The maximum Gasteiger partial charge on any atom is 0.261 e. The van der Waals surface area contributed by atoms with E-state index in [1.807, 2.05) is 56.3 Å². The number of rotatable bonds is 12. The molecule has 0 unspecified atom stereocenters. The number of nitrogens with zero attached hydrogens (tertiary/aromatic N) is 1. The molecule has 0 saturated carbocycles. The van der Waals surface area contributed by atoms with Gasteiger partial charge in [-0.15, -0.1) is 0 Å². The molecule has 1 atom stereocenters. The van der Waals surface area contributed by atoms with Crippen molar-refractivity contribution in [2.75, 3.05) is 13.2 Å². The average Bonchev–Trinajstić information content (AvgIpc) is 2.87. The molecule has 35 heavy (non-hydrogen) atoms. The van der Waals surface area contributed by atoms with Crippen LogP contribution in [0.4, 0.5) is 4.39 Å². The molecule has 3 rings (SSSR count). The lowest BCUT2D eigenvalue weighted by Crippen LogP contribution is -2.52. The Morgan fingerprint density at radius 3 is 2.34 bits per heavy atom. The van der Waals surface area contributed by atoms with Gasteiger partial charge >= 0.3 is 0 Å². The highest BCUT2D eigenvalue weighted by Crippen LogP contribution is 2.18. The van der Waals surface area contributed by atoms with Gasteiger partial charge in [-0.1, -0.05) is 79.6 Å². The smallest absolute Gasteiger partial charge is 0.261 e. The van der Waals surface area contributed by atoms with Crippen LogP contribution in [0, 0.1) is 12.7 Å². The summed E-state index contributed by atoms with van der Waals surface area (Å²) in [6.45, 7) is 4.23. The number of halogens is 1. The number of hydrogen-bond acceptors (Lipinski definition) is 3. The van der Waals surface area contributed by atoms with Gasteiger partial charge in [0.15, 0.2) is 6.61 Å². The molecule has 3 aromatic carbocycles. The van der Waals surface area contributed by atoms with Gasteiger partial charge in [-0.05, 0) is 37.1 Å². The van der Waals surface area contributed by atoms with Gasteiger partial charge in [-0.2, -0.15) is 0 Å². The minimum atomic E-state index is -0.817.